The van der Waals surface area contributed by atoms with Gasteiger partial charge in [0.2, 0.25) is 5.91 Å². The summed E-state index contributed by atoms with van der Waals surface area (Å²) in [5.41, 5.74) is 0.0688. The fraction of sp³-hybridized carbons (Fsp3) is 0.176. The highest BCUT2D eigenvalue weighted by Gasteiger charge is 2.23. The van der Waals surface area contributed by atoms with E-state index in [9.17, 15) is 14.3 Å². The number of hydrogen-bond donors (Lipinski definition) is 2. The first-order chi connectivity index (χ1) is 10.5. The molecule has 0 saturated heterocycles. The van der Waals surface area contributed by atoms with Crippen molar-refractivity contribution in [2.24, 2.45) is 0 Å². The molecule has 1 amide bonds. The maximum atomic E-state index is 12.9. The van der Waals surface area contributed by atoms with Crippen LogP contribution < -0.4 is 5.32 Å². The van der Waals surface area contributed by atoms with Crippen molar-refractivity contribution < 1.29 is 14.3 Å². The fourth-order valence-corrected chi connectivity index (χ4v) is 1.88. The van der Waals surface area contributed by atoms with Crippen molar-refractivity contribution in [3.63, 3.8) is 0 Å². The van der Waals surface area contributed by atoms with E-state index in [1.807, 2.05) is 6.07 Å². The first-order valence-corrected chi connectivity index (χ1v) is 6.82. The Bertz CT molecular complexity index is 652. The third-order valence-corrected chi connectivity index (χ3v) is 3.18. The first kappa shape index (κ1) is 15.9. The van der Waals surface area contributed by atoms with E-state index in [1.54, 1.807) is 31.5 Å². The molecule has 22 heavy (non-hydrogen) atoms. The Kier molecular flexibility index (Phi) is 5.01. The summed E-state index contributed by atoms with van der Waals surface area (Å²) in [6, 6.07) is 9.13. The number of aliphatic hydroxyl groups is 1. The van der Waals surface area contributed by atoms with E-state index in [1.165, 1.54) is 30.3 Å². The van der Waals surface area contributed by atoms with Crippen molar-refractivity contribution in [2.45, 2.75) is 12.5 Å². The van der Waals surface area contributed by atoms with E-state index < -0.39 is 5.60 Å². The summed E-state index contributed by atoms with van der Waals surface area (Å²) in [4.78, 5) is 15.7. The summed E-state index contributed by atoms with van der Waals surface area (Å²) in [5.74, 6) is -0.700. The van der Waals surface area contributed by atoms with Crippen LogP contribution >= 0.6 is 0 Å². The van der Waals surface area contributed by atoms with Gasteiger partial charge in [0.1, 0.15) is 11.4 Å². The van der Waals surface area contributed by atoms with Gasteiger partial charge in [0.15, 0.2) is 0 Å². The third kappa shape index (κ3) is 4.49. The normalized spacial score (nSPS) is 13.8. The van der Waals surface area contributed by atoms with Crippen LogP contribution in [0.2, 0.25) is 0 Å². The lowest BCUT2D eigenvalue weighted by molar-refractivity contribution is -0.117. The number of nitrogens with one attached hydrogen (secondary N) is 1. The van der Waals surface area contributed by atoms with Crippen LogP contribution in [0, 0.1) is 5.82 Å². The van der Waals surface area contributed by atoms with Crippen molar-refractivity contribution in [2.75, 3.05) is 6.54 Å². The van der Waals surface area contributed by atoms with Crippen LogP contribution in [0.4, 0.5) is 4.39 Å². The Hall–Kier alpha value is -2.53. The Balaban J connectivity index is 1.92. The molecule has 114 valence electrons. The summed E-state index contributed by atoms with van der Waals surface area (Å²) in [6.45, 7) is 1.58. The second-order valence-corrected chi connectivity index (χ2v) is 5.12. The minimum atomic E-state index is -1.27. The van der Waals surface area contributed by atoms with Crippen LogP contribution in [0.5, 0.6) is 0 Å². The number of aromatic nitrogens is 1. The summed E-state index contributed by atoms with van der Waals surface area (Å²) in [7, 11) is 0. The van der Waals surface area contributed by atoms with Crippen LogP contribution in [0.25, 0.3) is 6.08 Å². The molecule has 2 rings (SSSR count). The zero-order valence-corrected chi connectivity index (χ0v) is 12.2. The number of rotatable bonds is 5. The molecular weight excluding hydrogens is 283 g/mol. The molecule has 0 radical (unpaired) electrons. The van der Waals surface area contributed by atoms with Gasteiger partial charge >= 0.3 is 0 Å². The van der Waals surface area contributed by atoms with E-state index >= 15 is 0 Å². The Morgan fingerprint density at radius 3 is 2.73 bits per heavy atom. The van der Waals surface area contributed by atoms with Crippen LogP contribution in [-0.4, -0.2) is 22.5 Å². The number of hydrogen-bond acceptors (Lipinski definition) is 3. The van der Waals surface area contributed by atoms with Crippen molar-refractivity contribution in [3.05, 3.63) is 71.8 Å². The standard InChI is InChI=1S/C17H17FN2O2/c1-17(22,14-5-7-15(18)8-6-14)12-20-16(21)9-4-13-3-2-10-19-11-13/h2-11,22H,12H2,1H3,(H,20,21)/b9-4+. The lowest BCUT2D eigenvalue weighted by atomic mass is 9.96. The molecule has 1 heterocycles. The molecule has 0 fully saturated rings. The fourth-order valence-electron chi connectivity index (χ4n) is 1.88. The summed E-state index contributed by atoms with van der Waals surface area (Å²) in [6.07, 6.45) is 6.29. The molecule has 0 aliphatic carbocycles. The average molecular weight is 300 g/mol. The first-order valence-electron chi connectivity index (χ1n) is 6.82. The highest BCUT2D eigenvalue weighted by Crippen LogP contribution is 2.19. The maximum absolute atomic E-state index is 12.9. The van der Waals surface area contributed by atoms with Crippen molar-refractivity contribution >= 4 is 12.0 Å². The molecule has 0 spiro atoms. The van der Waals surface area contributed by atoms with Gasteiger partial charge in [-0.3, -0.25) is 9.78 Å². The second-order valence-electron chi connectivity index (χ2n) is 5.12. The number of carbonyl (C=O) groups excluding carboxylic acids is 1. The summed E-state index contributed by atoms with van der Waals surface area (Å²) >= 11 is 0. The smallest absolute Gasteiger partial charge is 0.244 e. The Morgan fingerprint density at radius 1 is 1.36 bits per heavy atom. The van der Waals surface area contributed by atoms with Crippen LogP contribution in [-0.2, 0) is 10.4 Å². The zero-order valence-electron chi connectivity index (χ0n) is 12.2. The number of pyridine rings is 1. The van der Waals surface area contributed by atoms with Crippen LogP contribution in [0.3, 0.4) is 0 Å². The molecule has 1 atom stereocenters. The lowest BCUT2D eigenvalue weighted by Gasteiger charge is -2.23. The molecule has 4 nitrogen and oxygen atoms in total. The minimum Gasteiger partial charge on any atom is -0.384 e. The molecular formula is C17H17FN2O2. The zero-order chi connectivity index (χ0) is 16.0. The van der Waals surface area contributed by atoms with E-state index in [4.69, 9.17) is 0 Å². The van der Waals surface area contributed by atoms with Gasteiger partial charge in [0.25, 0.3) is 0 Å². The molecule has 2 aromatic rings. The van der Waals surface area contributed by atoms with Crippen molar-refractivity contribution in [1.82, 2.24) is 10.3 Å². The summed E-state index contributed by atoms with van der Waals surface area (Å²) in [5, 5.41) is 13.0. The molecule has 0 saturated carbocycles. The lowest BCUT2D eigenvalue weighted by Crippen LogP contribution is -2.37. The second kappa shape index (κ2) is 6.95. The number of amides is 1. The molecule has 1 aromatic heterocycles. The number of carbonyl (C=O) groups is 1. The van der Waals surface area contributed by atoms with E-state index in [0.29, 0.717) is 5.56 Å². The number of halogens is 1. The number of benzene rings is 1. The topological polar surface area (TPSA) is 62.2 Å². The van der Waals surface area contributed by atoms with Gasteiger partial charge < -0.3 is 10.4 Å². The summed E-state index contributed by atoms with van der Waals surface area (Å²) < 4.78 is 12.9. The van der Waals surface area contributed by atoms with Gasteiger partial charge in [0, 0.05) is 18.5 Å². The highest BCUT2D eigenvalue weighted by atomic mass is 19.1. The Morgan fingerprint density at radius 2 is 2.09 bits per heavy atom. The predicted molar refractivity (Wildman–Crippen MR) is 82.3 cm³/mol. The number of nitrogens with zero attached hydrogens (tertiary/aromatic N) is 1. The van der Waals surface area contributed by atoms with Gasteiger partial charge in [-0.05, 0) is 42.3 Å². The van der Waals surface area contributed by atoms with E-state index in [2.05, 4.69) is 10.3 Å². The highest BCUT2D eigenvalue weighted by molar-refractivity contribution is 5.91. The van der Waals surface area contributed by atoms with Crippen LogP contribution in [0.1, 0.15) is 18.1 Å². The molecule has 5 heteroatoms. The predicted octanol–water partition coefficient (Wildman–Crippen LogP) is 2.26. The SMILES string of the molecule is CC(O)(CNC(=O)/C=C/c1cccnc1)c1ccc(F)cc1. The van der Waals surface area contributed by atoms with Crippen LogP contribution in [0.15, 0.2) is 54.9 Å². The van der Waals surface area contributed by atoms with Gasteiger partial charge in [0.05, 0.1) is 6.54 Å². The maximum Gasteiger partial charge on any atom is 0.244 e. The van der Waals surface area contributed by atoms with Gasteiger partial charge in [-0.2, -0.15) is 0 Å². The molecule has 1 unspecified atom stereocenters. The third-order valence-electron chi connectivity index (χ3n) is 3.18. The monoisotopic (exact) mass is 300 g/mol. The van der Waals surface area contributed by atoms with E-state index in [0.717, 1.165) is 5.56 Å². The largest absolute Gasteiger partial charge is 0.384 e. The van der Waals surface area contributed by atoms with Crippen molar-refractivity contribution in [3.8, 4) is 0 Å². The quantitative estimate of drug-likeness (QED) is 0.833. The molecule has 2 N–H and O–H groups in total. The minimum absolute atomic E-state index is 0.0227. The van der Waals surface area contributed by atoms with Crippen molar-refractivity contribution in [1.29, 1.82) is 0 Å². The average Bonchev–Trinajstić information content (AvgIpc) is 2.52. The molecule has 0 aliphatic heterocycles. The van der Waals surface area contributed by atoms with Gasteiger partial charge in [-0.25, -0.2) is 4.39 Å². The molecule has 0 bridgehead atoms. The molecule has 1 aromatic carbocycles. The van der Waals surface area contributed by atoms with Gasteiger partial charge in [-0.1, -0.05) is 18.2 Å². The van der Waals surface area contributed by atoms with E-state index in [-0.39, 0.29) is 18.3 Å². The van der Waals surface area contributed by atoms with Gasteiger partial charge in [-0.15, -0.1) is 0 Å². The molecule has 0 aliphatic rings. The Labute approximate surface area is 128 Å².